The first-order chi connectivity index (χ1) is 41.0. The molecule has 0 heterocycles. The first kappa shape index (κ1) is 79.1. The molecule has 0 saturated heterocycles. The molecule has 0 aromatic heterocycles. The highest BCUT2D eigenvalue weighted by atomic mass is 16.6. The van der Waals surface area contributed by atoms with E-state index in [4.69, 9.17) is 14.2 Å². The number of unbranched alkanes of at least 4 members (excludes halogenated alkanes) is 35. The van der Waals surface area contributed by atoms with Crippen LogP contribution >= 0.6 is 0 Å². The summed E-state index contributed by atoms with van der Waals surface area (Å²) in [5.41, 5.74) is 0. The molecule has 0 spiro atoms. The van der Waals surface area contributed by atoms with Crippen LogP contribution in [0, 0.1) is 0 Å². The molecule has 0 aliphatic rings. The van der Waals surface area contributed by atoms with E-state index in [0.29, 0.717) is 19.3 Å². The van der Waals surface area contributed by atoms with Crippen molar-refractivity contribution < 1.29 is 28.6 Å². The Labute approximate surface area is 514 Å². The van der Waals surface area contributed by atoms with Gasteiger partial charge in [-0.1, -0.05) is 304 Å². The molecule has 0 rings (SSSR count). The van der Waals surface area contributed by atoms with Gasteiger partial charge in [0.2, 0.25) is 0 Å². The Kier molecular flexibility index (Phi) is 67.2. The third-order valence-corrected chi connectivity index (χ3v) is 15.2. The predicted molar refractivity (Wildman–Crippen MR) is 362 cm³/mol. The average Bonchev–Trinajstić information content (AvgIpc) is 3.49. The lowest BCUT2D eigenvalue weighted by molar-refractivity contribution is -0.167. The van der Waals surface area contributed by atoms with Crippen molar-refractivity contribution in [1.82, 2.24) is 0 Å². The molecular formula is C77H132O6. The van der Waals surface area contributed by atoms with Crippen LogP contribution in [0.3, 0.4) is 0 Å². The van der Waals surface area contributed by atoms with E-state index < -0.39 is 6.10 Å². The summed E-state index contributed by atoms with van der Waals surface area (Å²) in [5, 5.41) is 0. The maximum Gasteiger partial charge on any atom is 0.306 e. The summed E-state index contributed by atoms with van der Waals surface area (Å²) in [5.74, 6) is -0.880. The average molecular weight is 1150 g/mol. The summed E-state index contributed by atoms with van der Waals surface area (Å²) in [4.78, 5) is 38.5. The van der Waals surface area contributed by atoms with Gasteiger partial charge in [0.15, 0.2) is 6.10 Å². The number of ether oxygens (including phenoxy) is 3. The first-order valence-corrected chi connectivity index (χ1v) is 35.4. The molecule has 0 bridgehead atoms. The Morgan fingerprint density at radius 3 is 0.771 bits per heavy atom. The fourth-order valence-corrected chi connectivity index (χ4v) is 9.94. The summed E-state index contributed by atoms with van der Waals surface area (Å²) in [6, 6.07) is 0. The molecule has 0 amide bonds. The molecule has 0 fully saturated rings. The second-order valence-corrected chi connectivity index (χ2v) is 23.4. The SMILES string of the molecule is CC/C=C\C/C=C\C/C=C\C/C=C\C/C=C\C/C=C\CCCCCCCCCCCCC(=O)OCC(COC(=O)CCCCCCCCC/C=C\CCCCCCCC)OC(=O)CCCCCCCCCCC/C=C\C/C=C\CCCCC. The van der Waals surface area contributed by atoms with Crippen molar-refractivity contribution in [3.05, 3.63) is 109 Å². The van der Waals surface area contributed by atoms with Crippen LogP contribution in [0.4, 0.5) is 0 Å². The Hall–Kier alpha value is -3.93. The molecule has 0 saturated carbocycles. The van der Waals surface area contributed by atoms with Crippen LogP contribution in [-0.2, 0) is 28.6 Å². The summed E-state index contributed by atoms with van der Waals surface area (Å²) < 4.78 is 17.0. The highest BCUT2D eigenvalue weighted by Gasteiger charge is 2.19. The van der Waals surface area contributed by atoms with Gasteiger partial charge in [-0.15, -0.1) is 0 Å². The third kappa shape index (κ3) is 68.7. The number of hydrogen-bond donors (Lipinski definition) is 0. The lowest BCUT2D eigenvalue weighted by Crippen LogP contribution is -2.30. The van der Waals surface area contributed by atoms with Gasteiger partial charge in [0.05, 0.1) is 0 Å². The molecular weight excluding hydrogens is 1020 g/mol. The Morgan fingerprint density at radius 1 is 0.253 bits per heavy atom. The number of hydrogen-bond acceptors (Lipinski definition) is 6. The summed E-state index contributed by atoms with van der Waals surface area (Å²) >= 11 is 0. The normalized spacial score (nSPS) is 12.8. The van der Waals surface area contributed by atoms with Crippen LogP contribution < -0.4 is 0 Å². The van der Waals surface area contributed by atoms with E-state index >= 15 is 0 Å². The maximum absolute atomic E-state index is 13.0. The fourth-order valence-electron chi connectivity index (χ4n) is 9.94. The summed E-state index contributed by atoms with van der Waals surface area (Å²) in [7, 11) is 0. The largest absolute Gasteiger partial charge is 0.462 e. The van der Waals surface area contributed by atoms with E-state index in [-0.39, 0.29) is 31.1 Å². The molecule has 1 unspecified atom stereocenters. The van der Waals surface area contributed by atoms with Crippen molar-refractivity contribution in [3.8, 4) is 0 Å². The maximum atomic E-state index is 13.0. The number of allylic oxidation sites excluding steroid dienone is 18. The van der Waals surface area contributed by atoms with E-state index in [9.17, 15) is 14.4 Å². The van der Waals surface area contributed by atoms with Crippen molar-refractivity contribution >= 4 is 17.9 Å². The van der Waals surface area contributed by atoms with Gasteiger partial charge in [-0.25, -0.2) is 0 Å². The van der Waals surface area contributed by atoms with Gasteiger partial charge in [0.25, 0.3) is 0 Å². The van der Waals surface area contributed by atoms with E-state index in [1.54, 1.807) is 0 Å². The Bertz CT molecular complexity index is 1660. The second kappa shape index (κ2) is 70.6. The predicted octanol–water partition coefficient (Wildman–Crippen LogP) is 24.6. The highest BCUT2D eigenvalue weighted by molar-refractivity contribution is 5.71. The topological polar surface area (TPSA) is 78.9 Å². The van der Waals surface area contributed by atoms with E-state index in [1.165, 1.54) is 199 Å². The molecule has 83 heavy (non-hydrogen) atoms. The van der Waals surface area contributed by atoms with Gasteiger partial charge in [-0.3, -0.25) is 14.4 Å². The molecule has 476 valence electrons. The minimum Gasteiger partial charge on any atom is -0.462 e. The molecule has 0 aliphatic carbocycles. The molecule has 0 aliphatic heterocycles. The first-order valence-electron chi connectivity index (χ1n) is 35.4. The Balaban J connectivity index is 4.34. The third-order valence-electron chi connectivity index (χ3n) is 15.2. The molecule has 6 heteroatoms. The zero-order valence-electron chi connectivity index (χ0n) is 54.7. The van der Waals surface area contributed by atoms with Crippen LogP contribution in [0.2, 0.25) is 0 Å². The van der Waals surface area contributed by atoms with Crippen molar-refractivity contribution in [2.45, 2.75) is 348 Å². The van der Waals surface area contributed by atoms with Crippen molar-refractivity contribution in [1.29, 1.82) is 0 Å². The van der Waals surface area contributed by atoms with Crippen LogP contribution in [0.25, 0.3) is 0 Å². The standard InChI is InChI=1S/C77H132O6/c1-4-7-10-13-16-19-22-25-28-31-33-34-35-36-37-38-39-40-41-42-44-46-49-52-55-58-61-64-67-70-76(79)82-73-74(72-81-75(78)69-66-63-60-57-54-51-48-45-30-27-24-21-18-15-12-9-6-3)83-77(80)71-68-65-62-59-56-53-50-47-43-32-29-26-23-20-17-14-11-8-5-2/h7,10,16-17,19-20,25-30,33-34,36-37,39-40,74H,4-6,8-9,11-15,18,21-24,31-32,35,38,41-73H2,1-3H3/b10-7-,19-16-,20-17-,28-25-,29-26-,30-27-,34-33-,37-36-,40-39-. The molecule has 1 atom stereocenters. The zero-order chi connectivity index (χ0) is 59.9. The minimum absolute atomic E-state index is 0.0818. The number of carbonyl (C=O) groups is 3. The van der Waals surface area contributed by atoms with E-state index in [2.05, 4.69) is 130 Å². The summed E-state index contributed by atoms with van der Waals surface area (Å²) in [6.07, 6.45) is 96.7. The van der Waals surface area contributed by atoms with Gasteiger partial charge >= 0.3 is 17.9 Å². The molecule has 0 radical (unpaired) electrons. The quantitative estimate of drug-likeness (QED) is 0.0261. The lowest BCUT2D eigenvalue weighted by atomic mass is 10.1. The molecule has 0 aromatic carbocycles. The van der Waals surface area contributed by atoms with Crippen LogP contribution in [0.1, 0.15) is 342 Å². The summed E-state index contributed by atoms with van der Waals surface area (Å²) in [6.45, 7) is 6.52. The molecule has 0 aromatic rings. The number of carbonyl (C=O) groups excluding carboxylic acids is 3. The molecule has 0 N–H and O–H groups in total. The Morgan fingerprint density at radius 2 is 0.470 bits per heavy atom. The fraction of sp³-hybridized carbons (Fsp3) is 0.727. The van der Waals surface area contributed by atoms with Crippen LogP contribution in [0.15, 0.2) is 109 Å². The van der Waals surface area contributed by atoms with E-state index in [0.717, 1.165) is 103 Å². The monoisotopic (exact) mass is 1150 g/mol. The van der Waals surface area contributed by atoms with Crippen LogP contribution in [0.5, 0.6) is 0 Å². The van der Waals surface area contributed by atoms with Gasteiger partial charge in [-0.05, 0) is 128 Å². The van der Waals surface area contributed by atoms with Crippen molar-refractivity contribution in [2.24, 2.45) is 0 Å². The highest BCUT2D eigenvalue weighted by Crippen LogP contribution is 2.17. The smallest absolute Gasteiger partial charge is 0.306 e. The molecule has 6 nitrogen and oxygen atoms in total. The minimum atomic E-state index is -0.787. The zero-order valence-corrected chi connectivity index (χ0v) is 54.7. The van der Waals surface area contributed by atoms with Gasteiger partial charge < -0.3 is 14.2 Å². The van der Waals surface area contributed by atoms with Crippen molar-refractivity contribution in [3.63, 3.8) is 0 Å². The van der Waals surface area contributed by atoms with Crippen molar-refractivity contribution in [2.75, 3.05) is 13.2 Å². The van der Waals surface area contributed by atoms with Gasteiger partial charge in [0.1, 0.15) is 13.2 Å². The number of esters is 3. The number of rotatable bonds is 64. The van der Waals surface area contributed by atoms with Gasteiger partial charge in [0, 0.05) is 19.3 Å². The lowest BCUT2D eigenvalue weighted by Gasteiger charge is -2.18. The van der Waals surface area contributed by atoms with Gasteiger partial charge in [-0.2, -0.15) is 0 Å². The van der Waals surface area contributed by atoms with Crippen LogP contribution in [-0.4, -0.2) is 37.2 Å². The van der Waals surface area contributed by atoms with E-state index in [1.807, 2.05) is 0 Å². The second-order valence-electron chi connectivity index (χ2n) is 23.4.